The summed E-state index contributed by atoms with van der Waals surface area (Å²) in [4.78, 5) is 19.6. The van der Waals surface area contributed by atoms with Crippen LogP contribution in [0, 0.1) is 0 Å². The lowest BCUT2D eigenvalue weighted by Crippen LogP contribution is -2.42. The molecule has 0 saturated carbocycles. The fourth-order valence-corrected chi connectivity index (χ4v) is 3.78. The van der Waals surface area contributed by atoms with Gasteiger partial charge in [-0.1, -0.05) is 30.3 Å². The molecule has 2 atom stereocenters. The quantitative estimate of drug-likeness (QED) is 0.858. The monoisotopic (exact) mass is 341 g/mol. The van der Waals surface area contributed by atoms with E-state index in [1.165, 1.54) is 0 Å². The summed E-state index contributed by atoms with van der Waals surface area (Å²) < 4.78 is 10.9. The van der Waals surface area contributed by atoms with Gasteiger partial charge in [-0.25, -0.2) is 0 Å². The van der Waals surface area contributed by atoms with Gasteiger partial charge < -0.3 is 14.2 Å². The third-order valence-electron chi connectivity index (χ3n) is 5.14. The summed E-state index contributed by atoms with van der Waals surface area (Å²) in [6.45, 7) is 4.06. The van der Waals surface area contributed by atoms with Crippen molar-refractivity contribution in [1.29, 1.82) is 0 Å². The Morgan fingerprint density at radius 3 is 3.04 bits per heavy atom. The van der Waals surface area contributed by atoms with Gasteiger partial charge in [0.15, 0.2) is 5.82 Å². The minimum absolute atomic E-state index is 0.111. The first-order chi connectivity index (χ1) is 12.3. The number of hydrogen-bond acceptors (Lipinski definition) is 5. The van der Waals surface area contributed by atoms with E-state index in [9.17, 15) is 4.79 Å². The van der Waals surface area contributed by atoms with E-state index >= 15 is 0 Å². The molecule has 6 nitrogen and oxygen atoms in total. The molecule has 4 rings (SSSR count). The van der Waals surface area contributed by atoms with Crippen molar-refractivity contribution in [1.82, 2.24) is 15.0 Å². The predicted octanol–water partition coefficient (Wildman–Crippen LogP) is 2.90. The van der Waals surface area contributed by atoms with Crippen LogP contribution in [0.2, 0.25) is 0 Å². The number of carbonyl (C=O) groups excluding carboxylic acids is 1. The largest absolute Gasteiger partial charge is 0.493 e. The molecule has 1 amide bonds. The van der Waals surface area contributed by atoms with E-state index in [2.05, 4.69) is 10.1 Å². The fraction of sp³-hybridized carbons (Fsp3) is 0.526. The molecule has 1 saturated heterocycles. The summed E-state index contributed by atoms with van der Waals surface area (Å²) >= 11 is 0. The number of nitrogens with zero attached hydrogens (tertiary/aromatic N) is 3. The second-order valence-electron chi connectivity index (χ2n) is 6.75. The van der Waals surface area contributed by atoms with Crippen LogP contribution < -0.4 is 4.74 Å². The first-order valence-electron chi connectivity index (χ1n) is 9.09. The van der Waals surface area contributed by atoms with Crippen LogP contribution in [0.3, 0.4) is 0 Å². The smallest absolute Gasteiger partial charge is 0.230 e. The number of piperidine rings is 1. The number of hydrogen-bond donors (Lipinski definition) is 0. The molecule has 1 fully saturated rings. The van der Waals surface area contributed by atoms with Gasteiger partial charge in [0.1, 0.15) is 5.75 Å². The first kappa shape index (κ1) is 16.1. The molecule has 2 aliphatic rings. The van der Waals surface area contributed by atoms with Gasteiger partial charge in [-0.15, -0.1) is 0 Å². The van der Waals surface area contributed by atoms with Crippen molar-refractivity contribution in [2.75, 3.05) is 19.7 Å². The molecule has 25 heavy (non-hydrogen) atoms. The van der Waals surface area contributed by atoms with Crippen LogP contribution in [0.1, 0.15) is 55.3 Å². The van der Waals surface area contributed by atoms with Crippen LogP contribution in [0.4, 0.5) is 0 Å². The van der Waals surface area contributed by atoms with Crippen molar-refractivity contribution >= 4 is 5.91 Å². The number of aromatic nitrogens is 2. The molecular weight excluding hydrogens is 318 g/mol. The van der Waals surface area contributed by atoms with E-state index in [1.807, 2.05) is 36.1 Å². The molecule has 3 heterocycles. The van der Waals surface area contributed by atoms with Gasteiger partial charge in [-0.05, 0) is 25.3 Å². The van der Waals surface area contributed by atoms with Crippen LogP contribution in [0.15, 0.2) is 28.8 Å². The van der Waals surface area contributed by atoms with E-state index in [0.29, 0.717) is 19.0 Å². The molecule has 1 aromatic carbocycles. The van der Waals surface area contributed by atoms with Gasteiger partial charge in [0.25, 0.3) is 0 Å². The maximum Gasteiger partial charge on any atom is 0.230 e. The zero-order valence-corrected chi connectivity index (χ0v) is 14.5. The average molecular weight is 341 g/mol. The van der Waals surface area contributed by atoms with Crippen molar-refractivity contribution in [3.05, 3.63) is 41.5 Å². The molecule has 0 unspecified atom stereocenters. The van der Waals surface area contributed by atoms with Crippen LogP contribution in [0.5, 0.6) is 5.75 Å². The molecular formula is C19H23N3O3. The molecule has 1 aromatic heterocycles. The van der Waals surface area contributed by atoms with Gasteiger partial charge in [0.05, 0.1) is 12.5 Å². The lowest BCUT2D eigenvalue weighted by molar-refractivity contribution is -0.134. The fourth-order valence-electron chi connectivity index (χ4n) is 3.78. The summed E-state index contributed by atoms with van der Waals surface area (Å²) in [6.07, 6.45) is 3.44. The predicted molar refractivity (Wildman–Crippen MR) is 91.5 cm³/mol. The zero-order chi connectivity index (χ0) is 17.2. The molecule has 2 aromatic rings. The Kier molecular flexibility index (Phi) is 4.42. The van der Waals surface area contributed by atoms with Gasteiger partial charge >= 0.3 is 0 Å². The van der Waals surface area contributed by atoms with Crippen molar-refractivity contribution in [3.8, 4) is 5.75 Å². The number of carbonyl (C=O) groups is 1. The third-order valence-corrected chi connectivity index (χ3v) is 5.14. The molecule has 0 aliphatic carbocycles. The number of fused-ring (bicyclic) bond motifs is 1. The van der Waals surface area contributed by atoms with Crippen molar-refractivity contribution < 1.29 is 14.1 Å². The van der Waals surface area contributed by atoms with Crippen LogP contribution in [0.25, 0.3) is 0 Å². The maximum atomic E-state index is 13.2. The highest BCUT2D eigenvalue weighted by molar-refractivity contribution is 5.85. The normalized spacial score (nSPS) is 23.0. The van der Waals surface area contributed by atoms with Gasteiger partial charge in [0, 0.05) is 31.0 Å². The lowest BCUT2D eigenvalue weighted by Gasteiger charge is -2.35. The van der Waals surface area contributed by atoms with Crippen LogP contribution in [-0.2, 0) is 11.2 Å². The molecule has 2 aliphatic heterocycles. The van der Waals surface area contributed by atoms with Crippen molar-refractivity contribution in [2.24, 2.45) is 0 Å². The number of ether oxygens (including phenoxy) is 1. The zero-order valence-electron chi connectivity index (χ0n) is 14.5. The number of benzene rings is 1. The molecule has 132 valence electrons. The number of aryl methyl sites for hydroxylation is 1. The Hall–Kier alpha value is -2.37. The molecule has 6 heteroatoms. The van der Waals surface area contributed by atoms with Gasteiger partial charge in [-0.3, -0.25) is 4.79 Å². The number of para-hydroxylation sites is 1. The summed E-state index contributed by atoms with van der Waals surface area (Å²) in [7, 11) is 0. The van der Waals surface area contributed by atoms with Gasteiger partial charge in [0.2, 0.25) is 11.8 Å². The summed E-state index contributed by atoms with van der Waals surface area (Å²) in [6, 6.07) is 7.87. The second-order valence-corrected chi connectivity index (χ2v) is 6.75. The van der Waals surface area contributed by atoms with E-state index < -0.39 is 0 Å². The van der Waals surface area contributed by atoms with Crippen LogP contribution >= 0.6 is 0 Å². The maximum absolute atomic E-state index is 13.2. The second kappa shape index (κ2) is 6.86. The first-order valence-corrected chi connectivity index (χ1v) is 9.09. The van der Waals surface area contributed by atoms with E-state index in [1.54, 1.807) is 0 Å². The SMILES string of the molecule is CCc1nc([C@@H]2CCCN(C(=O)[C@@H]3CCOc4ccccc43)C2)no1. The lowest BCUT2D eigenvalue weighted by atomic mass is 9.90. The summed E-state index contributed by atoms with van der Waals surface area (Å²) in [5.74, 6) is 2.49. The highest BCUT2D eigenvalue weighted by atomic mass is 16.5. The van der Waals surface area contributed by atoms with E-state index in [0.717, 1.165) is 49.4 Å². The minimum Gasteiger partial charge on any atom is -0.493 e. The summed E-state index contributed by atoms with van der Waals surface area (Å²) in [5.41, 5.74) is 1.01. The summed E-state index contributed by atoms with van der Waals surface area (Å²) in [5, 5.41) is 4.11. The van der Waals surface area contributed by atoms with Crippen molar-refractivity contribution in [2.45, 2.75) is 44.4 Å². The molecule has 0 bridgehead atoms. The Balaban J connectivity index is 1.51. The number of likely N-dealkylation sites (tertiary alicyclic amines) is 1. The van der Waals surface area contributed by atoms with Crippen molar-refractivity contribution in [3.63, 3.8) is 0 Å². The van der Waals surface area contributed by atoms with E-state index in [4.69, 9.17) is 9.26 Å². The highest BCUT2D eigenvalue weighted by Gasteiger charge is 2.34. The minimum atomic E-state index is -0.111. The Morgan fingerprint density at radius 1 is 1.32 bits per heavy atom. The molecule has 0 spiro atoms. The average Bonchev–Trinajstić information content (AvgIpc) is 3.16. The standard InChI is InChI=1S/C19H23N3O3/c1-2-17-20-18(21-25-17)13-6-5-10-22(12-13)19(23)15-9-11-24-16-8-4-3-7-14(15)16/h3-4,7-8,13,15H,2,5-6,9-12H2,1H3/t13-,15-/m1/s1. The highest BCUT2D eigenvalue weighted by Crippen LogP contribution is 2.36. The Labute approximate surface area is 147 Å². The van der Waals surface area contributed by atoms with Gasteiger partial charge in [-0.2, -0.15) is 4.98 Å². The number of amides is 1. The van der Waals surface area contributed by atoms with Crippen LogP contribution in [-0.4, -0.2) is 40.6 Å². The topological polar surface area (TPSA) is 68.5 Å². The Morgan fingerprint density at radius 2 is 2.20 bits per heavy atom. The molecule has 0 radical (unpaired) electrons. The molecule has 0 N–H and O–H groups in total. The Bertz CT molecular complexity index is 758. The third kappa shape index (κ3) is 3.13. The van der Waals surface area contributed by atoms with E-state index in [-0.39, 0.29) is 17.7 Å². The number of rotatable bonds is 3.